The molecule has 0 fully saturated rings. The molecule has 0 atom stereocenters. The van der Waals surface area contributed by atoms with Crippen LogP contribution >= 0.6 is 11.6 Å². The van der Waals surface area contributed by atoms with Gasteiger partial charge in [-0.05, 0) is 48.4 Å². The summed E-state index contributed by atoms with van der Waals surface area (Å²) in [7, 11) is 1.43. The molecule has 2 aromatic rings. The Bertz CT molecular complexity index is 962. The minimum Gasteiger partial charge on any atom is -0.493 e. The molecule has 0 saturated heterocycles. The smallest absolute Gasteiger partial charge is 0.329 e. The number of carbonyl (C=O) groups is 3. The van der Waals surface area contributed by atoms with Gasteiger partial charge >= 0.3 is 11.8 Å². The number of halogens is 1. The molecular weight excluding hydrogens is 400 g/mol. The molecule has 0 heterocycles. The van der Waals surface area contributed by atoms with Gasteiger partial charge in [-0.15, -0.1) is 0 Å². The summed E-state index contributed by atoms with van der Waals surface area (Å²) in [5.74, 6) is -1.80. The molecule has 2 rings (SSSR count). The molecule has 0 aliphatic rings. The molecule has 0 aliphatic heterocycles. The van der Waals surface area contributed by atoms with Crippen LogP contribution in [0.4, 0.5) is 5.69 Å². The Morgan fingerprint density at radius 2 is 1.90 bits per heavy atom. The fraction of sp³-hybridized carbons (Fsp3) is 0.158. The van der Waals surface area contributed by atoms with E-state index < -0.39 is 17.7 Å². The summed E-state index contributed by atoms with van der Waals surface area (Å²) in [4.78, 5) is 34.6. The zero-order valence-electron chi connectivity index (χ0n) is 15.7. The molecule has 0 spiro atoms. The van der Waals surface area contributed by atoms with E-state index in [1.165, 1.54) is 13.3 Å². The highest BCUT2D eigenvalue weighted by atomic mass is 35.5. The summed E-state index contributed by atoms with van der Waals surface area (Å²) in [5.41, 5.74) is 8.95. The summed E-state index contributed by atoms with van der Waals surface area (Å²) in [6, 6.07) is 9.63. The number of rotatable bonds is 7. The molecular formula is C19H19ClN4O5. The number of amides is 3. The zero-order chi connectivity index (χ0) is 21.4. The maximum absolute atomic E-state index is 11.9. The van der Waals surface area contributed by atoms with Gasteiger partial charge in [0.25, 0.3) is 5.91 Å². The summed E-state index contributed by atoms with van der Waals surface area (Å²) in [5, 5.41) is 6.63. The van der Waals surface area contributed by atoms with Crippen molar-refractivity contribution in [2.24, 2.45) is 10.8 Å². The highest BCUT2D eigenvalue weighted by Gasteiger charge is 2.13. The first kappa shape index (κ1) is 21.7. The monoisotopic (exact) mass is 418 g/mol. The molecule has 4 N–H and O–H groups in total. The van der Waals surface area contributed by atoms with Crippen LogP contribution in [0.2, 0.25) is 5.02 Å². The lowest BCUT2D eigenvalue weighted by molar-refractivity contribution is -0.136. The van der Waals surface area contributed by atoms with Gasteiger partial charge in [0.1, 0.15) is 0 Å². The fourth-order valence-electron chi connectivity index (χ4n) is 2.11. The van der Waals surface area contributed by atoms with E-state index in [-0.39, 0.29) is 6.61 Å². The van der Waals surface area contributed by atoms with Gasteiger partial charge in [0.05, 0.1) is 13.3 Å². The molecule has 9 nitrogen and oxygen atoms in total. The summed E-state index contributed by atoms with van der Waals surface area (Å²) in [6.07, 6.45) is 1.31. The van der Waals surface area contributed by atoms with E-state index >= 15 is 0 Å². The van der Waals surface area contributed by atoms with E-state index in [1.54, 1.807) is 36.4 Å². The van der Waals surface area contributed by atoms with Crippen LogP contribution in [0.5, 0.6) is 11.5 Å². The van der Waals surface area contributed by atoms with Crippen LogP contribution in [-0.2, 0) is 14.4 Å². The van der Waals surface area contributed by atoms with Crippen molar-refractivity contribution in [2.45, 2.75) is 6.92 Å². The first-order valence-electron chi connectivity index (χ1n) is 8.30. The zero-order valence-corrected chi connectivity index (χ0v) is 16.4. The molecule has 29 heavy (non-hydrogen) atoms. The average Bonchev–Trinajstić information content (AvgIpc) is 2.69. The number of primary amides is 1. The van der Waals surface area contributed by atoms with Gasteiger partial charge in [-0.1, -0.05) is 17.7 Å². The third-order valence-electron chi connectivity index (χ3n) is 3.57. The van der Waals surface area contributed by atoms with E-state index in [0.29, 0.717) is 27.8 Å². The number of aryl methyl sites for hydroxylation is 1. The van der Waals surface area contributed by atoms with Crippen molar-refractivity contribution in [1.29, 1.82) is 0 Å². The van der Waals surface area contributed by atoms with Crippen LogP contribution in [0.3, 0.4) is 0 Å². The van der Waals surface area contributed by atoms with Gasteiger partial charge in [0.2, 0.25) is 0 Å². The number of methoxy groups -OCH3 is 1. The van der Waals surface area contributed by atoms with E-state index in [4.69, 9.17) is 26.8 Å². The van der Waals surface area contributed by atoms with Gasteiger partial charge in [-0.3, -0.25) is 14.4 Å². The molecule has 0 saturated carbocycles. The van der Waals surface area contributed by atoms with Crippen LogP contribution in [0.15, 0.2) is 41.5 Å². The van der Waals surface area contributed by atoms with E-state index in [2.05, 4.69) is 15.8 Å². The summed E-state index contributed by atoms with van der Waals surface area (Å²) in [6.45, 7) is 1.53. The molecule has 0 unspecified atom stereocenters. The molecule has 0 bridgehead atoms. The molecule has 0 aromatic heterocycles. The summed E-state index contributed by atoms with van der Waals surface area (Å²) < 4.78 is 10.4. The number of nitrogens with two attached hydrogens (primary N) is 1. The maximum atomic E-state index is 11.9. The van der Waals surface area contributed by atoms with Crippen molar-refractivity contribution >= 4 is 41.2 Å². The molecule has 3 amide bonds. The van der Waals surface area contributed by atoms with Gasteiger partial charge in [-0.25, -0.2) is 5.43 Å². The second kappa shape index (κ2) is 10.1. The first-order valence-corrected chi connectivity index (χ1v) is 8.67. The molecule has 0 radical (unpaired) electrons. The van der Waals surface area contributed by atoms with Crippen molar-refractivity contribution < 1.29 is 23.9 Å². The number of nitrogens with one attached hydrogen (secondary N) is 2. The van der Waals surface area contributed by atoms with Crippen LogP contribution in [0, 0.1) is 6.92 Å². The number of hydrogen-bond acceptors (Lipinski definition) is 6. The minimum atomic E-state index is -0.952. The highest BCUT2D eigenvalue weighted by Crippen LogP contribution is 2.27. The number of carbonyl (C=O) groups excluding carboxylic acids is 3. The fourth-order valence-corrected chi connectivity index (χ4v) is 2.29. The number of benzene rings is 2. The van der Waals surface area contributed by atoms with Crippen molar-refractivity contribution in [1.82, 2.24) is 5.43 Å². The maximum Gasteiger partial charge on any atom is 0.329 e. The van der Waals surface area contributed by atoms with Crippen molar-refractivity contribution in [3.63, 3.8) is 0 Å². The predicted octanol–water partition coefficient (Wildman–Crippen LogP) is 1.61. The largest absolute Gasteiger partial charge is 0.493 e. The van der Waals surface area contributed by atoms with E-state index in [1.807, 2.05) is 6.92 Å². The van der Waals surface area contributed by atoms with Gasteiger partial charge in [0, 0.05) is 10.7 Å². The quantitative estimate of drug-likeness (QED) is 0.357. The highest BCUT2D eigenvalue weighted by molar-refractivity contribution is 6.39. The second-order valence-corrected chi connectivity index (χ2v) is 6.19. The van der Waals surface area contributed by atoms with Gasteiger partial charge in [-0.2, -0.15) is 5.10 Å². The molecule has 0 aliphatic carbocycles. The van der Waals surface area contributed by atoms with Crippen LogP contribution in [0.25, 0.3) is 0 Å². The minimum absolute atomic E-state index is 0.291. The molecule has 10 heteroatoms. The number of hydrogen-bond donors (Lipinski definition) is 3. The third kappa shape index (κ3) is 6.51. The lowest BCUT2D eigenvalue weighted by atomic mass is 10.2. The Labute approximate surface area is 171 Å². The number of anilines is 1. The van der Waals surface area contributed by atoms with Crippen molar-refractivity contribution in [3.05, 3.63) is 52.5 Å². The Balaban J connectivity index is 1.95. The van der Waals surface area contributed by atoms with Gasteiger partial charge in [0.15, 0.2) is 18.1 Å². The molecule has 152 valence electrons. The predicted molar refractivity (Wildman–Crippen MR) is 108 cm³/mol. The van der Waals surface area contributed by atoms with Crippen molar-refractivity contribution in [3.8, 4) is 11.5 Å². The normalized spacial score (nSPS) is 10.4. The SMILES string of the molecule is COc1cc(/C=N/NC(=O)C(=O)Nc2ccc(C)c(Cl)c2)ccc1OCC(N)=O. The number of ether oxygens (including phenoxy) is 2. The topological polar surface area (TPSA) is 132 Å². The van der Waals surface area contributed by atoms with Crippen LogP contribution < -0.4 is 25.9 Å². The Kier molecular flexibility index (Phi) is 7.55. The number of hydrazone groups is 1. The Hall–Kier alpha value is -3.59. The second-order valence-electron chi connectivity index (χ2n) is 5.78. The molecule has 2 aromatic carbocycles. The van der Waals surface area contributed by atoms with E-state index in [9.17, 15) is 14.4 Å². The van der Waals surface area contributed by atoms with Crippen molar-refractivity contribution in [2.75, 3.05) is 19.0 Å². The summed E-state index contributed by atoms with van der Waals surface area (Å²) >= 11 is 5.98. The third-order valence-corrected chi connectivity index (χ3v) is 3.98. The van der Waals surface area contributed by atoms with E-state index in [0.717, 1.165) is 5.56 Å². The lowest BCUT2D eigenvalue weighted by Gasteiger charge is -2.09. The lowest BCUT2D eigenvalue weighted by Crippen LogP contribution is -2.32. The van der Waals surface area contributed by atoms with Crippen LogP contribution in [-0.4, -0.2) is 37.7 Å². The van der Waals surface area contributed by atoms with Crippen LogP contribution in [0.1, 0.15) is 11.1 Å². The van der Waals surface area contributed by atoms with Gasteiger partial charge < -0.3 is 20.5 Å². The Morgan fingerprint density at radius 3 is 2.55 bits per heavy atom. The number of nitrogens with zero attached hydrogens (tertiary/aromatic N) is 1. The Morgan fingerprint density at radius 1 is 1.14 bits per heavy atom. The first-order chi connectivity index (χ1) is 13.8. The average molecular weight is 419 g/mol. The standard InChI is InChI=1S/C19H19ClN4O5/c1-11-3-5-13(8-14(11)20)23-18(26)19(27)24-22-9-12-4-6-15(16(7-12)28-2)29-10-17(21)25/h3-9H,10H2,1-2H3,(H2,21,25)(H,23,26)(H,24,27)/b22-9+.